The van der Waals surface area contributed by atoms with Gasteiger partial charge in [-0.1, -0.05) is 24.6 Å². The molecule has 2 fully saturated rings. The lowest BCUT2D eigenvalue weighted by molar-refractivity contribution is -0.136. The summed E-state index contributed by atoms with van der Waals surface area (Å²) in [6.07, 6.45) is 5.00. The normalized spacial score (nSPS) is 27.6. The van der Waals surface area contributed by atoms with E-state index in [1.807, 2.05) is 42.3 Å². The molecule has 1 aromatic carbocycles. The molecule has 2 aliphatic carbocycles. The first-order chi connectivity index (χ1) is 9.74. The zero-order chi connectivity index (χ0) is 13.9. The van der Waals surface area contributed by atoms with Gasteiger partial charge in [0.1, 0.15) is 12.4 Å². The van der Waals surface area contributed by atoms with Gasteiger partial charge in [0.15, 0.2) is 0 Å². The van der Waals surface area contributed by atoms with Gasteiger partial charge in [-0.3, -0.25) is 4.79 Å². The highest BCUT2D eigenvalue weighted by Gasteiger charge is 2.43. The number of fused-ring (bicyclic) bond motifs is 2. The van der Waals surface area contributed by atoms with Crippen LogP contribution in [-0.4, -0.2) is 31.0 Å². The predicted molar refractivity (Wildman–Crippen MR) is 78.5 cm³/mol. The Morgan fingerprint density at radius 2 is 2.05 bits per heavy atom. The van der Waals surface area contributed by atoms with E-state index in [9.17, 15) is 4.79 Å². The first-order valence-corrected chi connectivity index (χ1v) is 7.67. The molecule has 3 unspecified atom stereocenters. The summed E-state index contributed by atoms with van der Waals surface area (Å²) in [6.45, 7) is 1.23. The van der Waals surface area contributed by atoms with E-state index in [-0.39, 0.29) is 5.92 Å². The monoisotopic (exact) mass is 273 g/mol. The van der Waals surface area contributed by atoms with E-state index in [0.29, 0.717) is 25.0 Å². The molecular formula is C17H23NO2. The average molecular weight is 273 g/mol. The number of benzene rings is 1. The fourth-order valence-corrected chi connectivity index (χ4v) is 3.76. The van der Waals surface area contributed by atoms with Gasteiger partial charge in [-0.05, 0) is 43.2 Å². The van der Waals surface area contributed by atoms with Crippen LogP contribution in [0.4, 0.5) is 0 Å². The van der Waals surface area contributed by atoms with Crippen LogP contribution in [0.2, 0.25) is 0 Å². The number of likely N-dealkylation sites (N-methyl/N-ethyl adjacent to an activating group) is 1. The number of nitrogens with zero attached hydrogens (tertiary/aromatic N) is 1. The smallest absolute Gasteiger partial charge is 0.225 e. The number of amides is 1. The number of rotatable bonds is 5. The van der Waals surface area contributed by atoms with Crippen LogP contribution in [0.3, 0.4) is 0 Å². The molecule has 2 saturated carbocycles. The summed E-state index contributed by atoms with van der Waals surface area (Å²) in [5.41, 5.74) is 0. The fourth-order valence-electron chi connectivity index (χ4n) is 3.76. The van der Waals surface area contributed by atoms with Gasteiger partial charge in [-0.2, -0.15) is 0 Å². The average Bonchev–Trinajstić information content (AvgIpc) is 3.10. The van der Waals surface area contributed by atoms with Crippen LogP contribution in [0.1, 0.15) is 25.7 Å². The number of ether oxygens (including phenoxy) is 1. The lowest BCUT2D eigenvalue weighted by atomic mass is 9.88. The molecule has 0 aromatic heterocycles. The SMILES string of the molecule is CN(CCOc1ccccc1)C(=O)C1CC2CCC1C2. The molecule has 0 heterocycles. The molecule has 0 radical (unpaired) electrons. The summed E-state index contributed by atoms with van der Waals surface area (Å²) in [4.78, 5) is 14.3. The first kappa shape index (κ1) is 13.5. The Labute approximate surface area is 120 Å². The molecule has 0 aliphatic heterocycles. The molecular weight excluding hydrogens is 250 g/mol. The van der Waals surface area contributed by atoms with Crippen molar-refractivity contribution in [2.45, 2.75) is 25.7 Å². The number of hydrogen-bond acceptors (Lipinski definition) is 2. The summed E-state index contributed by atoms with van der Waals surface area (Å²) in [5.74, 6) is 2.96. The molecule has 0 N–H and O–H groups in total. The van der Waals surface area contributed by atoms with E-state index in [1.165, 1.54) is 19.3 Å². The Hall–Kier alpha value is -1.51. The number of carbonyl (C=O) groups excluding carboxylic acids is 1. The van der Waals surface area contributed by atoms with Crippen LogP contribution in [0.15, 0.2) is 30.3 Å². The van der Waals surface area contributed by atoms with Gasteiger partial charge in [-0.15, -0.1) is 0 Å². The molecule has 3 heteroatoms. The van der Waals surface area contributed by atoms with Gasteiger partial charge in [0.2, 0.25) is 5.91 Å². The Balaban J connectivity index is 1.45. The minimum atomic E-state index is 0.287. The van der Waals surface area contributed by atoms with Crippen LogP contribution in [0.25, 0.3) is 0 Å². The molecule has 20 heavy (non-hydrogen) atoms. The van der Waals surface area contributed by atoms with Crippen LogP contribution in [0.5, 0.6) is 5.75 Å². The zero-order valence-corrected chi connectivity index (χ0v) is 12.1. The van der Waals surface area contributed by atoms with Crippen molar-refractivity contribution in [2.24, 2.45) is 17.8 Å². The number of para-hydroxylation sites is 1. The van der Waals surface area contributed by atoms with Crippen molar-refractivity contribution in [3.8, 4) is 5.75 Å². The van der Waals surface area contributed by atoms with Crippen LogP contribution >= 0.6 is 0 Å². The van der Waals surface area contributed by atoms with Crippen LogP contribution < -0.4 is 4.74 Å². The quantitative estimate of drug-likeness (QED) is 0.825. The minimum absolute atomic E-state index is 0.287. The van der Waals surface area contributed by atoms with Crippen molar-refractivity contribution < 1.29 is 9.53 Å². The number of carbonyl (C=O) groups is 1. The largest absolute Gasteiger partial charge is 0.492 e. The maximum atomic E-state index is 12.4. The standard InChI is InChI=1S/C17H23NO2/c1-18(9-10-20-15-5-3-2-4-6-15)17(19)16-12-13-7-8-14(16)11-13/h2-6,13-14,16H,7-12H2,1H3. The van der Waals surface area contributed by atoms with Crippen LogP contribution in [0, 0.1) is 17.8 Å². The van der Waals surface area contributed by atoms with Gasteiger partial charge < -0.3 is 9.64 Å². The number of hydrogen-bond donors (Lipinski definition) is 0. The van der Waals surface area contributed by atoms with Crippen molar-refractivity contribution in [1.29, 1.82) is 0 Å². The van der Waals surface area contributed by atoms with E-state index >= 15 is 0 Å². The molecule has 1 amide bonds. The van der Waals surface area contributed by atoms with Crippen molar-refractivity contribution in [3.05, 3.63) is 30.3 Å². The Bertz CT molecular complexity index is 459. The van der Waals surface area contributed by atoms with Gasteiger partial charge >= 0.3 is 0 Å². The summed E-state index contributed by atoms with van der Waals surface area (Å²) >= 11 is 0. The third-order valence-electron chi connectivity index (χ3n) is 4.87. The van der Waals surface area contributed by atoms with E-state index in [4.69, 9.17) is 4.74 Å². The molecule has 3 nitrogen and oxygen atoms in total. The second kappa shape index (κ2) is 5.86. The van der Waals surface area contributed by atoms with Gasteiger partial charge in [-0.25, -0.2) is 0 Å². The highest BCUT2D eigenvalue weighted by atomic mass is 16.5. The topological polar surface area (TPSA) is 29.5 Å². The van der Waals surface area contributed by atoms with E-state index in [1.54, 1.807) is 0 Å². The highest BCUT2D eigenvalue weighted by molar-refractivity contribution is 5.79. The summed E-state index contributed by atoms with van der Waals surface area (Å²) < 4.78 is 5.66. The first-order valence-electron chi connectivity index (χ1n) is 7.67. The van der Waals surface area contributed by atoms with E-state index in [2.05, 4.69) is 0 Å². The van der Waals surface area contributed by atoms with Crippen molar-refractivity contribution in [3.63, 3.8) is 0 Å². The second-order valence-corrected chi connectivity index (χ2v) is 6.20. The molecule has 2 aliphatic rings. The summed E-state index contributed by atoms with van der Waals surface area (Å²) in [6, 6.07) is 9.77. The molecule has 3 atom stereocenters. The van der Waals surface area contributed by atoms with Gasteiger partial charge in [0, 0.05) is 13.0 Å². The highest BCUT2D eigenvalue weighted by Crippen LogP contribution is 2.48. The van der Waals surface area contributed by atoms with Gasteiger partial charge in [0.25, 0.3) is 0 Å². The predicted octanol–water partition coefficient (Wildman–Crippen LogP) is 2.96. The molecule has 108 valence electrons. The summed E-state index contributed by atoms with van der Waals surface area (Å²) in [7, 11) is 1.91. The van der Waals surface area contributed by atoms with E-state index in [0.717, 1.165) is 18.1 Å². The summed E-state index contributed by atoms with van der Waals surface area (Å²) in [5, 5.41) is 0. The molecule has 0 saturated heterocycles. The minimum Gasteiger partial charge on any atom is -0.492 e. The lowest BCUT2D eigenvalue weighted by Crippen LogP contribution is -2.37. The van der Waals surface area contributed by atoms with Gasteiger partial charge in [0.05, 0.1) is 6.54 Å². The molecule has 2 bridgehead atoms. The zero-order valence-electron chi connectivity index (χ0n) is 12.1. The Morgan fingerprint density at radius 1 is 1.25 bits per heavy atom. The third kappa shape index (κ3) is 2.82. The van der Waals surface area contributed by atoms with Crippen LogP contribution in [-0.2, 0) is 4.79 Å². The van der Waals surface area contributed by atoms with Crippen molar-refractivity contribution in [2.75, 3.05) is 20.2 Å². The van der Waals surface area contributed by atoms with E-state index < -0.39 is 0 Å². The molecule has 1 aromatic rings. The second-order valence-electron chi connectivity index (χ2n) is 6.20. The molecule has 0 spiro atoms. The molecule has 3 rings (SSSR count). The van der Waals surface area contributed by atoms with Crippen molar-refractivity contribution >= 4 is 5.91 Å². The third-order valence-corrected chi connectivity index (χ3v) is 4.87. The Kier molecular flexibility index (Phi) is 3.95. The lowest BCUT2D eigenvalue weighted by Gasteiger charge is -2.26. The van der Waals surface area contributed by atoms with Crippen molar-refractivity contribution in [1.82, 2.24) is 4.90 Å². The Morgan fingerprint density at radius 3 is 2.70 bits per heavy atom. The fraction of sp³-hybridized carbons (Fsp3) is 0.588. The maximum absolute atomic E-state index is 12.4. The maximum Gasteiger partial charge on any atom is 0.225 e.